The van der Waals surface area contributed by atoms with Crippen LogP contribution in [0.25, 0.3) is 0 Å². The molecule has 0 amide bonds. The van der Waals surface area contributed by atoms with Gasteiger partial charge in [-0.05, 0) is 50.9 Å². The van der Waals surface area contributed by atoms with Gasteiger partial charge in [0.2, 0.25) is 0 Å². The summed E-state index contributed by atoms with van der Waals surface area (Å²) in [6.45, 7) is 0. The Kier molecular flexibility index (Phi) is 3.42. The Bertz CT molecular complexity index is 511. The molecule has 0 radical (unpaired) electrons. The van der Waals surface area contributed by atoms with E-state index in [1.165, 1.54) is 25.7 Å². The molecule has 19 heavy (non-hydrogen) atoms. The fraction of sp³-hybridized carbons (Fsp3) is 0.533. The molecule has 4 heteroatoms. The molecule has 1 aromatic carbocycles. The number of phenolic OH excluding ortho intramolecular Hbond substituents is 1. The van der Waals surface area contributed by atoms with Crippen LogP contribution in [0.2, 0.25) is 0 Å². The SMILES string of the molecule is CN1C2CC[C@@H]1CC(Sc1ccc(O)cc1C#N)C2. The minimum atomic E-state index is 0.171. The minimum Gasteiger partial charge on any atom is -0.508 e. The van der Waals surface area contributed by atoms with Crippen molar-refractivity contribution in [3.63, 3.8) is 0 Å². The van der Waals surface area contributed by atoms with Crippen molar-refractivity contribution in [3.05, 3.63) is 23.8 Å². The summed E-state index contributed by atoms with van der Waals surface area (Å²) in [6.07, 6.45) is 5.06. The Hall–Kier alpha value is -1.18. The number of thioether (sulfide) groups is 1. The summed E-state index contributed by atoms with van der Waals surface area (Å²) < 4.78 is 0. The third kappa shape index (κ3) is 2.45. The van der Waals surface area contributed by atoms with E-state index in [1.807, 2.05) is 17.8 Å². The van der Waals surface area contributed by atoms with Crippen LogP contribution in [0.15, 0.2) is 23.1 Å². The highest BCUT2D eigenvalue weighted by Crippen LogP contribution is 2.42. The molecule has 2 unspecified atom stereocenters. The first-order valence-electron chi connectivity index (χ1n) is 6.79. The molecule has 2 bridgehead atoms. The lowest BCUT2D eigenvalue weighted by Crippen LogP contribution is -2.40. The van der Waals surface area contributed by atoms with Crippen LogP contribution in [0.4, 0.5) is 0 Å². The van der Waals surface area contributed by atoms with Gasteiger partial charge in [0.05, 0.1) is 5.56 Å². The molecule has 0 aromatic heterocycles. The van der Waals surface area contributed by atoms with Gasteiger partial charge in [-0.3, -0.25) is 0 Å². The monoisotopic (exact) mass is 274 g/mol. The van der Waals surface area contributed by atoms with Crippen LogP contribution in [-0.4, -0.2) is 34.4 Å². The van der Waals surface area contributed by atoms with E-state index >= 15 is 0 Å². The van der Waals surface area contributed by atoms with Crippen LogP contribution >= 0.6 is 11.8 Å². The third-order valence-electron chi connectivity index (χ3n) is 4.43. The molecule has 3 nitrogen and oxygen atoms in total. The molecule has 1 N–H and O–H groups in total. The minimum absolute atomic E-state index is 0.171. The van der Waals surface area contributed by atoms with Gasteiger partial charge in [-0.25, -0.2) is 0 Å². The number of rotatable bonds is 2. The fourth-order valence-electron chi connectivity index (χ4n) is 3.35. The highest BCUT2D eigenvalue weighted by atomic mass is 32.2. The highest BCUT2D eigenvalue weighted by Gasteiger charge is 2.38. The number of hydrogen-bond acceptors (Lipinski definition) is 4. The standard InChI is InChI=1S/C15H18N2OS/c1-17-11-2-3-12(17)8-14(7-11)19-15-5-4-13(18)6-10(15)9-16/h4-6,11-12,14,18H,2-3,7-8H2,1H3/t11-,12?,14?/m1/s1. The van der Waals surface area contributed by atoms with E-state index in [0.29, 0.717) is 10.8 Å². The van der Waals surface area contributed by atoms with Gasteiger partial charge >= 0.3 is 0 Å². The number of nitriles is 1. The van der Waals surface area contributed by atoms with Gasteiger partial charge in [-0.1, -0.05) is 0 Å². The topological polar surface area (TPSA) is 47.3 Å². The van der Waals surface area contributed by atoms with Crippen LogP contribution in [0.1, 0.15) is 31.2 Å². The molecule has 100 valence electrons. The van der Waals surface area contributed by atoms with Crippen LogP contribution in [0.5, 0.6) is 5.75 Å². The van der Waals surface area contributed by atoms with Gasteiger partial charge in [0.25, 0.3) is 0 Å². The van der Waals surface area contributed by atoms with Crippen molar-refractivity contribution in [2.45, 2.75) is 47.9 Å². The molecule has 0 aliphatic carbocycles. The molecule has 2 fully saturated rings. The Balaban J connectivity index is 1.75. The Morgan fingerprint density at radius 1 is 1.32 bits per heavy atom. The van der Waals surface area contributed by atoms with E-state index in [0.717, 1.165) is 17.0 Å². The van der Waals surface area contributed by atoms with Crippen molar-refractivity contribution in [1.29, 1.82) is 5.26 Å². The van der Waals surface area contributed by atoms with Crippen LogP contribution in [-0.2, 0) is 0 Å². The van der Waals surface area contributed by atoms with Crippen molar-refractivity contribution in [1.82, 2.24) is 4.90 Å². The van der Waals surface area contributed by atoms with Crippen molar-refractivity contribution >= 4 is 11.8 Å². The fourth-order valence-corrected chi connectivity index (χ4v) is 4.72. The predicted octanol–water partition coefficient (Wildman–Crippen LogP) is 2.98. The maximum Gasteiger partial charge on any atom is 0.116 e. The first-order chi connectivity index (χ1) is 9.17. The van der Waals surface area contributed by atoms with Crippen LogP contribution in [0.3, 0.4) is 0 Å². The lowest BCUT2D eigenvalue weighted by Gasteiger charge is -2.36. The molecular formula is C15H18N2OS. The summed E-state index contributed by atoms with van der Waals surface area (Å²) in [5, 5.41) is 19.2. The molecule has 2 heterocycles. The molecule has 3 rings (SSSR count). The Morgan fingerprint density at radius 2 is 2.00 bits per heavy atom. The van der Waals surface area contributed by atoms with Gasteiger partial charge in [-0.15, -0.1) is 11.8 Å². The summed E-state index contributed by atoms with van der Waals surface area (Å²) in [6, 6.07) is 8.73. The third-order valence-corrected chi connectivity index (χ3v) is 5.76. The van der Waals surface area contributed by atoms with E-state index < -0.39 is 0 Å². The maximum absolute atomic E-state index is 9.44. The average Bonchev–Trinajstić information content (AvgIpc) is 2.64. The molecule has 2 aliphatic heterocycles. The van der Waals surface area contributed by atoms with Gasteiger partial charge in [0.15, 0.2) is 0 Å². The first-order valence-corrected chi connectivity index (χ1v) is 7.67. The number of aromatic hydroxyl groups is 1. The molecular weight excluding hydrogens is 256 g/mol. The number of benzene rings is 1. The van der Waals surface area contributed by atoms with Gasteiger partial charge in [0.1, 0.15) is 11.8 Å². The molecule has 2 saturated heterocycles. The van der Waals surface area contributed by atoms with E-state index in [2.05, 4.69) is 18.0 Å². The van der Waals surface area contributed by atoms with Crippen molar-refractivity contribution in [3.8, 4) is 11.8 Å². The second-order valence-electron chi connectivity index (χ2n) is 5.55. The quantitative estimate of drug-likeness (QED) is 0.900. The number of fused-ring (bicyclic) bond motifs is 2. The van der Waals surface area contributed by atoms with Crippen molar-refractivity contribution in [2.75, 3.05) is 7.05 Å². The molecule has 2 aliphatic rings. The molecule has 0 spiro atoms. The zero-order chi connectivity index (χ0) is 13.4. The van der Waals surface area contributed by atoms with Crippen LogP contribution in [0, 0.1) is 11.3 Å². The van der Waals surface area contributed by atoms with Crippen LogP contribution < -0.4 is 0 Å². The first kappa shape index (κ1) is 12.8. The van der Waals surface area contributed by atoms with E-state index in [4.69, 9.17) is 5.26 Å². The lowest BCUT2D eigenvalue weighted by molar-refractivity contribution is 0.183. The summed E-state index contributed by atoms with van der Waals surface area (Å²) in [7, 11) is 2.24. The van der Waals surface area contributed by atoms with E-state index in [9.17, 15) is 5.11 Å². The lowest BCUT2D eigenvalue weighted by atomic mass is 10.0. The Morgan fingerprint density at radius 3 is 2.63 bits per heavy atom. The second kappa shape index (κ2) is 5.07. The second-order valence-corrected chi connectivity index (χ2v) is 6.90. The number of hydrogen-bond donors (Lipinski definition) is 1. The average molecular weight is 274 g/mol. The van der Waals surface area contributed by atoms with E-state index in [1.54, 1.807) is 12.1 Å². The predicted molar refractivity (Wildman–Crippen MR) is 76.3 cm³/mol. The van der Waals surface area contributed by atoms with Crippen molar-refractivity contribution < 1.29 is 5.11 Å². The van der Waals surface area contributed by atoms with Gasteiger partial charge < -0.3 is 10.0 Å². The summed E-state index contributed by atoms with van der Waals surface area (Å²) >= 11 is 1.81. The number of phenols is 1. The van der Waals surface area contributed by atoms with Gasteiger partial charge in [-0.2, -0.15) is 5.26 Å². The molecule has 3 atom stereocenters. The molecule has 0 saturated carbocycles. The molecule has 1 aromatic rings. The number of piperidine rings is 1. The van der Waals surface area contributed by atoms with Crippen molar-refractivity contribution in [2.24, 2.45) is 0 Å². The zero-order valence-corrected chi connectivity index (χ0v) is 11.9. The highest BCUT2D eigenvalue weighted by molar-refractivity contribution is 8.00. The van der Waals surface area contributed by atoms with Gasteiger partial charge in [0, 0.05) is 22.2 Å². The van der Waals surface area contributed by atoms with E-state index in [-0.39, 0.29) is 5.75 Å². The zero-order valence-electron chi connectivity index (χ0n) is 11.0. The summed E-state index contributed by atoms with van der Waals surface area (Å²) in [5.41, 5.74) is 0.594. The number of nitrogens with zero attached hydrogens (tertiary/aromatic N) is 2. The maximum atomic E-state index is 9.44. The summed E-state index contributed by atoms with van der Waals surface area (Å²) in [5.74, 6) is 0.171. The normalized spacial score (nSPS) is 30.2. The Labute approximate surface area is 118 Å². The largest absolute Gasteiger partial charge is 0.508 e. The summed E-state index contributed by atoms with van der Waals surface area (Å²) in [4.78, 5) is 3.54. The smallest absolute Gasteiger partial charge is 0.116 e.